The SMILES string of the molecule is C#C[C@@]1(OC(C)=O)[C@@H](COC(Cc2ccc(-c3cccn(CC)c3=O)cc2)(C(=O)OCC)C(=O)OCC)O[C@@H](n2cnc3c(N(C)C(=O)OC(C)(C)C)nc(Cl)nc32)[C@@H]1OC(C)=O. The minimum absolute atomic E-state index is 0.0226. The second-order valence-electron chi connectivity index (χ2n) is 15.2. The Labute approximate surface area is 367 Å². The number of hydrogen-bond acceptors (Lipinski definition) is 16. The van der Waals surface area contributed by atoms with Crippen LogP contribution in [0.4, 0.5) is 10.6 Å². The Hall–Kier alpha value is -6.36. The molecule has 4 aromatic rings. The summed E-state index contributed by atoms with van der Waals surface area (Å²) in [7, 11) is 1.39. The second-order valence-corrected chi connectivity index (χ2v) is 15.6. The maximum absolute atomic E-state index is 14.0. The fourth-order valence-electron chi connectivity index (χ4n) is 6.92. The molecule has 0 N–H and O–H groups in total. The first-order valence-electron chi connectivity index (χ1n) is 19.9. The number of hydrogen-bond donors (Lipinski definition) is 0. The van der Waals surface area contributed by atoms with Gasteiger partial charge in [0.1, 0.15) is 11.7 Å². The highest BCUT2D eigenvalue weighted by atomic mass is 35.5. The van der Waals surface area contributed by atoms with Gasteiger partial charge in [-0.05, 0) is 76.4 Å². The van der Waals surface area contributed by atoms with Gasteiger partial charge in [-0.15, -0.1) is 6.42 Å². The summed E-state index contributed by atoms with van der Waals surface area (Å²) in [6, 6.07) is 9.99. The van der Waals surface area contributed by atoms with Crippen LogP contribution in [0, 0.1) is 12.3 Å². The van der Waals surface area contributed by atoms with E-state index in [1.807, 2.05) is 6.92 Å². The van der Waals surface area contributed by atoms with Crippen molar-refractivity contribution in [3.63, 3.8) is 0 Å². The van der Waals surface area contributed by atoms with E-state index in [1.54, 1.807) is 67.9 Å². The highest BCUT2D eigenvalue weighted by molar-refractivity contribution is 6.28. The minimum atomic E-state index is -2.52. The summed E-state index contributed by atoms with van der Waals surface area (Å²) in [5.41, 5.74) is -4.51. The van der Waals surface area contributed by atoms with Crippen LogP contribution in [0.2, 0.25) is 5.28 Å². The van der Waals surface area contributed by atoms with Gasteiger partial charge in [0.2, 0.25) is 17.0 Å². The summed E-state index contributed by atoms with van der Waals surface area (Å²) in [6.07, 6.45) is 3.02. The fourth-order valence-corrected chi connectivity index (χ4v) is 7.08. The highest BCUT2D eigenvalue weighted by Gasteiger charge is 2.63. The third-order valence-electron chi connectivity index (χ3n) is 9.70. The van der Waals surface area contributed by atoms with Crippen molar-refractivity contribution in [2.45, 2.75) is 104 Å². The number of amides is 1. The van der Waals surface area contributed by atoms with Crippen molar-refractivity contribution in [3.8, 4) is 23.5 Å². The van der Waals surface area contributed by atoms with Gasteiger partial charge in [-0.2, -0.15) is 9.97 Å². The number of benzene rings is 1. The number of fused-ring (bicyclic) bond motifs is 1. The van der Waals surface area contributed by atoms with E-state index >= 15 is 0 Å². The summed E-state index contributed by atoms with van der Waals surface area (Å²) < 4.78 is 43.4. The lowest BCUT2D eigenvalue weighted by Gasteiger charge is -2.35. The van der Waals surface area contributed by atoms with Crippen LogP contribution in [-0.2, 0) is 65.3 Å². The number of imidazole rings is 1. The first-order chi connectivity index (χ1) is 29.7. The quantitative estimate of drug-likeness (QED) is 0.0524. The monoisotopic (exact) mass is 892 g/mol. The largest absolute Gasteiger partial charge is 0.463 e. The Morgan fingerprint density at radius 3 is 2.19 bits per heavy atom. The minimum Gasteiger partial charge on any atom is -0.463 e. The van der Waals surface area contributed by atoms with Crippen LogP contribution in [0.1, 0.15) is 67.2 Å². The molecule has 20 heteroatoms. The Kier molecular flexibility index (Phi) is 14.7. The van der Waals surface area contributed by atoms with Crippen molar-refractivity contribution < 1.29 is 57.1 Å². The number of nitrogens with zero attached hydrogens (tertiary/aromatic N) is 6. The Bertz CT molecular complexity index is 2460. The molecule has 1 aromatic carbocycles. The van der Waals surface area contributed by atoms with E-state index in [0.717, 1.165) is 18.7 Å². The molecule has 0 bridgehead atoms. The van der Waals surface area contributed by atoms with E-state index in [2.05, 4.69) is 20.9 Å². The number of carbonyl (C=O) groups excluding carboxylic acids is 5. The summed E-state index contributed by atoms with van der Waals surface area (Å²) in [5, 5.41) is -0.330. The van der Waals surface area contributed by atoms with Crippen LogP contribution >= 0.6 is 11.6 Å². The number of halogens is 1. The molecule has 1 aliphatic rings. The van der Waals surface area contributed by atoms with Gasteiger partial charge < -0.3 is 37.7 Å². The third kappa shape index (κ3) is 9.98. The van der Waals surface area contributed by atoms with Crippen molar-refractivity contribution >= 4 is 58.6 Å². The van der Waals surface area contributed by atoms with Gasteiger partial charge >= 0.3 is 30.0 Å². The number of pyridine rings is 1. The molecule has 4 atom stereocenters. The van der Waals surface area contributed by atoms with Gasteiger partial charge in [0.25, 0.3) is 11.2 Å². The first-order valence-corrected chi connectivity index (χ1v) is 20.3. The van der Waals surface area contributed by atoms with Gasteiger partial charge in [-0.1, -0.05) is 30.2 Å². The summed E-state index contributed by atoms with van der Waals surface area (Å²) in [5.74, 6) is -1.69. The highest BCUT2D eigenvalue weighted by Crippen LogP contribution is 2.44. The normalized spacial score (nSPS) is 18.6. The molecule has 0 radical (unpaired) electrons. The van der Waals surface area contributed by atoms with Gasteiger partial charge in [0.15, 0.2) is 23.2 Å². The van der Waals surface area contributed by atoms with Crippen molar-refractivity contribution in [1.82, 2.24) is 24.1 Å². The van der Waals surface area contributed by atoms with E-state index in [4.69, 9.17) is 51.2 Å². The predicted molar refractivity (Wildman–Crippen MR) is 225 cm³/mol. The number of carbonyl (C=O) groups is 5. The van der Waals surface area contributed by atoms with Crippen LogP contribution < -0.4 is 10.5 Å². The van der Waals surface area contributed by atoms with Gasteiger partial charge in [0.05, 0.1) is 26.1 Å². The summed E-state index contributed by atoms with van der Waals surface area (Å²) in [4.78, 5) is 93.9. The third-order valence-corrected chi connectivity index (χ3v) is 9.87. The number of anilines is 1. The summed E-state index contributed by atoms with van der Waals surface area (Å²) in [6.45, 7) is 11.5. The van der Waals surface area contributed by atoms with E-state index in [0.29, 0.717) is 23.2 Å². The first kappa shape index (κ1) is 47.7. The lowest BCUT2D eigenvalue weighted by atomic mass is 9.90. The lowest BCUT2D eigenvalue weighted by Crippen LogP contribution is -2.57. The molecule has 19 nitrogen and oxygen atoms in total. The molecule has 0 unspecified atom stereocenters. The van der Waals surface area contributed by atoms with Crippen LogP contribution in [0.25, 0.3) is 22.3 Å². The van der Waals surface area contributed by atoms with Gasteiger partial charge in [-0.3, -0.25) is 23.9 Å². The van der Waals surface area contributed by atoms with Crippen LogP contribution in [0.15, 0.2) is 53.7 Å². The molecular formula is C43H49ClN6O13. The zero-order chi connectivity index (χ0) is 46.4. The molecule has 336 valence electrons. The Morgan fingerprint density at radius 1 is 0.984 bits per heavy atom. The molecule has 0 aliphatic carbocycles. The average Bonchev–Trinajstić information content (AvgIpc) is 3.76. The molecule has 5 rings (SSSR count). The number of aryl methyl sites for hydroxylation is 1. The molecular weight excluding hydrogens is 844 g/mol. The van der Waals surface area contributed by atoms with Crippen LogP contribution in [0.3, 0.4) is 0 Å². The number of ether oxygens (including phenoxy) is 7. The molecule has 1 aliphatic heterocycles. The molecule has 0 spiro atoms. The molecule has 1 amide bonds. The van der Waals surface area contributed by atoms with E-state index in [9.17, 15) is 28.8 Å². The van der Waals surface area contributed by atoms with Crippen molar-refractivity contribution in [2.75, 3.05) is 31.8 Å². The molecule has 0 saturated carbocycles. The van der Waals surface area contributed by atoms with Crippen LogP contribution in [0.5, 0.6) is 0 Å². The van der Waals surface area contributed by atoms with E-state index < -0.39 is 78.2 Å². The standard InChI is InChI=1S/C43H49ClN6O13/c1-11-42(62-26(6)52)30(61-36(32(42)60-25(5)51)50-24-45-31-33(46-39(44)47-34(31)50)48(10)40(56)63-41(7,8)9)23-59-43(37(54)57-13-3,38(55)58-14-4)22-27-17-19-28(20-18-27)29-16-15-21-49(12-2)35(29)53/h1,15-21,24,30,32,36H,12-14,22-23H2,2-10H3/t30-,32+,36-,42-/m1/s1. The molecule has 3 aromatic heterocycles. The number of terminal acetylenes is 1. The van der Waals surface area contributed by atoms with Crippen molar-refractivity contribution in [3.05, 3.63) is 70.1 Å². The maximum Gasteiger partial charge on any atom is 0.415 e. The molecule has 63 heavy (non-hydrogen) atoms. The molecule has 1 fully saturated rings. The predicted octanol–water partition coefficient (Wildman–Crippen LogP) is 4.59. The van der Waals surface area contributed by atoms with Gasteiger partial charge in [-0.25, -0.2) is 19.4 Å². The molecule has 1 saturated heterocycles. The maximum atomic E-state index is 14.0. The molecule has 4 heterocycles. The zero-order valence-electron chi connectivity index (χ0n) is 36.3. The van der Waals surface area contributed by atoms with Gasteiger partial charge in [0, 0.05) is 45.6 Å². The average molecular weight is 893 g/mol. The number of esters is 4. The Morgan fingerprint density at radius 2 is 1.63 bits per heavy atom. The fraction of sp³-hybridized carbons (Fsp3) is 0.465. The summed E-state index contributed by atoms with van der Waals surface area (Å²) >= 11 is 6.39. The zero-order valence-corrected chi connectivity index (χ0v) is 37.1. The number of aromatic nitrogens is 5. The topological polar surface area (TPSA) is 219 Å². The second kappa shape index (κ2) is 19.4. The van der Waals surface area contributed by atoms with E-state index in [-0.39, 0.29) is 41.0 Å². The lowest BCUT2D eigenvalue weighted by molar-refractivity contribution is -0.200. The smallest absolute Gasteiger partial charge is 0.415 e. The van der Waals surface area contributed by atoms with Crippen molar-refractivity contribution in [2.24, 2.45) is 0 Å². The Balaban J connectivity index is 1.61. The van der Waals surface area contributed by atoms with E-state index in [1.165, 1.54) is 31.8 Å². The number of rotatable bonds is 15. The van der Waals surface area contributed by atoms with Crippen LogP contribution in [-0.4, -0.2) is 110 Å². The van der Waals surface area contributed by atoms with Crippen molar-refractivity contribution in [1.29, 1.82) is 0 Å².